The number of nitrogens with zero attached hydrogens (tertiary/aromatic N) is 2. The number of rotatable bonds is 5. The van der Waals surface area contributed by atoms with Crippen molar-refractivity contribution in [3.05, 3.63) is 71.6 Å². The van der Waals surface area contributed by atoms with Gasteiger partial charge in [0.15, 0.2) is 0 Å². The Hall–Kier alpha value is -2.55. The van der Waals surface area contributed by atoms with Crippen LogP contribution in [0.2, 0.25) is 0 Å². The average molecular weight is 457 g/mol. The van der Waals surface area contributed by atoms with E-state index in [0.29, 0.717) is 0 Å². The summed E-state index contributed by atoms with van der Waals surface area (Å²) in [6.45, 7) is -0.388. The van der Waals surface area contributed by atoms with Crippen LogP contribution in [0.4, 0.5) is 4.39 Å². The zero-order valence-electron chi connectivity index (χ0n) is 17.5. The van der Waals surface area contributed by atoms with E-state index < -0.39 is 15.8 Å². The summed E-state index contributed by atoms with van der Waals surface area (Å²) < 4.78 is 40.9. The zero-order chi connectivity index (χ0) is 22.5. The summed E-state index contributed by atoms with van der Waals surface area (Å²) in [6.07, 6.45) is 5.59. The van der Waals surface area contributed by atoms with E-state index in [2.05, 4.69) is 18.2 Å². The molecule has 2 heterocycles. The van der Waals surface area contributed by atoms with Gasteiger partial charge in [-0.05, 0) is 54.2 Å². The van der Waals surface area contributed by atoms with Gasteiger partial charge in [-0.15, -0.1) is 0 Å². The van der Waals surface area contributed by atoms with Gasteiger partial charge < -0.3 is 10.0 Å². The van der Waals surface area contributed by atoms with E-state index in [9.17, 15) is 22.7 Å². The van der Waals surface area contributed by atoms with E-state index >= 15 is 0 Å². The largest absolute Gasteiger partial charge is 0.394 e. The van der Waals surface area contributed by atoms with Gasteiger partial charge in [0.1, 0.15) is 5.82 Å². The van der Waals surface area contributed by atoms with Gasteiger partial charge in [0.05, 0.1) is 30.1 Å². The number of aliphatic hydroxyl groups is 1. The van der Waals surface area contributed by atoms with Gasteiger partial charge in [-0.25, -0.2) is 12.8 Å². The molecule has 2 saturated heterocycles. The lowest BCUT2D eigenvalue weighted by molar-refractivity contribution is -0.158. The molecule has 3 aliphatic rings. The quantitative estimate of drug-likeness (QED) is 0.751. The molecular weight excluding hydrogens is 431 g/mol. The molecule has 0 spiro atoms. The highest BCUT2D eigenvalue weighted by atomic mass is 32.2. The molecule has 1 N–H and O–H groups in total. The fourth-order valence-electron chi connectivity index (χ4n) is 5.28. The van der Waals surface area contributed by atoms with Crippen molar-refractivity contribution in [2.75, 3.05) is 19.7 Å². The van der Waals surface area contributed by atoms with Crippen molar-refractivity contribution in [1.82, 2.24) is 9.21 Å². The number of piperazine rings is 1. The molecule has 0 radical (unpaired) electrons. The second kappa shape index (κ2) is 8.10. The van der Waals surface area contributed by atoms with Crippen molar-refractivity contribution < 1.29 is 22.7 Å². The Bertz CT molecular complexity index is 1180. The van der Waals surface area contributed by atoms with E-state index in [1.807, 2.05) is 12.1 Å². The Morgan fingerprint density at radius 1 is 1.12 bits per heavy atom. The third-order valence-corrected chi connectivity index (χ3v) is 8.67. The van der Waals surface area contributed by atoms with Crippen molar-refractivity contribution >= 4 is 21.5 Å². The number of amides is 1. The summed E-state index contributed by atoms with van der Waals surface area (Å²) in [5.74, 6) is -1.15. The molecule has 3 atom stereocenters. The normalized spacial score (nSPS) is 25.9. The monoisotopic (exact) mass is 456 g/mol. The summed E-state index contributed by atoms with van der Waals surface area (Å²) in [5.41, 5.74) is 3.49. The number of carbonyl (C=O) groups is 1. The van der Waals surface area contributed by atoms with Crippen LogP contribution in [0.3, 0.4) is 0 Å². The molecule has 8 heteroatoms. The number of sulfonamides is 1. The average Bonchev–Trinajstić information content (AvgIpc) is 3.30. The second-order valence-corrected chi connectivity index (χ2v) is 10.6. The zero-order valence-corrected chi connectivity index (χ0v) is 18.3. The van der Waals surface area contributed by atoms with Gasteiger partial charge in [0, 0.05) is 12.5 Å². The molecule has 2 aromatic rings. The smallest absolute Gasteiger partial charge is 0.243 e. The first-order valence-corrected chi connectivity index (χ1v) is 12.3. The number of allylic oxidation sites excluding steroid dienone is 2. The minimum absolute atomic E-state index is 0.110. The molecule has 2 aromatic carbocycles. The summed E-state index contributed by atoms with van der Waals surface area (Å²) in [7, 11) is -4.01. The maximum Gasteiger partial charge on any atom is 0.243 e. The van der Waals surface area contributed by atoms with Crippen molar-refractivity contribution in [3.8, 4) is 0 Å². The standard InChI is InChI=1S/C24H25FN2O4S/c25-19-6-3-7-20(12-19)32(30,31)26-13-21-24(22(15-28)27(21)23(29)14-26)18-10-8-17(9-11-18)16-4-1-2-5-16/h3-4,6-12,21-22,24,28H,1-2,5,13-15H2/t21-,22-,24+/m0/s1. The molecule has 0 unspecified atom stereocenters. The van der Waals surface area contributed by atoms with Crippen LogP contribution in [0.5, 0.6) is 0 Å². The fraction of sp³-hybridized carbons (Fsp3) is 0.375. The van der Waals surface area contributed by atoms with E-state index in [0.717, 1.165) is 28.8 Å². The minimum Gasteiger partial charge on any atom is -0.394 e. The molecule has 0 saturated carbocycles. The van der Waals surface area contributed by atoms with Crippen LogP contribution >= 0.6 is 0 Å². The van der Waals surface area contributed by atoms with Crippen molar-refractivity contribution in [2.24, 2.45) is 0 Å². The predicted octanol–water partition coefficient (Wildman–Crippen LogP) is 2.75. The minimum atomic E-state index is -4.01. The van der Waals surface area contributed by atoms with Crippen molar-refractivity contribution in [1.29, 1.82) is 0 Å². The molecule has 32 heavy (non-hydrogen) atoms. The lowest BCUT2D eigenvalue weighted by atomic mass is 9.74. The van der Waals surface area contributed by atoms with E-state index in [4.69, 9.17) is 0 Å². The molecule has 2 aliphatic heterocycles. The van der Waals surface area contributed by atoms with Gasteiger partial charge >= 0.3 is 0 Å². The predicted molar refractivity (Wildman–Crippen MR) is 118 cm³/mol. The SMILES string of the molecule is O=C1CN(S(=O)(=O)c2cccc(F)c2)C[C@H]2[C@@H](c3ccc(C4=CCCC4)cc3)[C@H](CO)N12. The highest BCUT2D eigenvalue weighted by molar-refractivity contribution is 7.89. The van der Waals surface area contributed by atoms with Crippen LogP contribution in [0, 0.1) is 5.82 Å². The summed E-state index contributed by atoms with van der Waals surface area (Å²) in [6, 6.07) is 12.3. The van der Waals surface area contributed by atoms with E-state index in [-0.39, 0.29) is 48.5 Å². The van der Waals surface area contributed by atoms with Gasteiger partial charge in [-0.3, -0.25) is 4.79 Å². The highest BCUT2D eigenvalue weighted by Gasteiger charge is 2.55. The first kappa shape index (κ1) is 21.3. The number of aliphatic hydroxyl groups excluding tert-OH is 1. The number of hydrogen-bond acceptors (Lipinski definition) is 4. The van der Waals surface area contributed by atoms with E-state index in [1.165, 1.54) is 35.8 Å². The number of hydrogen-bond donors (Lipinski definition) is 1. The van der Waals surface area contributed by atoms with Crippen molar-refractivity contribution in [3.63, 3.8) is 0 Å². The fourth-order valence-corrected chi connectivity index (χ4v) is 6.72. The molecule has 5 rings (SSSR count). The Labute approximate surface area is 187 Å². The topological polar surface area (TPSA) is 77.9 Å². The molecule has 0 bridgehead atoms. The Kier molecular flexibility index (Phi) is 5.39. The second-order valence-electron chi connectivity index (χ2n) is 8.64. The highest BCUT2D eigenvalue weighted by Crippen LogP contribution is 2.44. The number of halogens is 1. The van der Waals surface area contributed by atoms with Crippen LogP contribution in [-0.4, -0.2) is 60.4 Å². The number of carbonyl (C=O) groups excluding carboxylic acids is 1. The molecule has 168 valence electrons. The van der Waals surface area contributed by atoms with E-state index in [1.54, 1.807) is 4.90 Å². The molecule has 1 amide bonds. The molecule has 2 fully saturated rings. The molecule has 0 aromatic heterocycles. The third-order valence-electron chi connectivity index (χ3n) is 6.86. The number of fused-ring (bicyclic) bond motifs is 1. The maximum absolute atomic E-state index is 13.6. The first-order chi connectivity index (χ1) is 15.4. The van der Waals surface area contributed by atoms with Gasteiger partial charge in [-0.1, -0.05) is 36.4 Å². The van der Waals surface area contributed by atoms with Crippen LogP contribution in [0.25, 0.3) is 5.57 Å². The van der Waals surface area contributed by atoms with Crippen LogP contribution in [-0.2, 0) is 14.8 Å². The van der Waals surface area contributed by atoms with Crippen LogP contribution in [0.15, 0.2) is 59.5 Å². The summed E-state index contributed by atoms with van der Waals surface area (Å²) in [4.78, 5) is 14.3. The van der Waals surface area contributed by atoms with Crippen LogP contribution < -0.4 is 0 Å². The first-order valence-electron chi connectivity index (χ1n) is 10.9. The van der Waals surface area contributed by atoms with Gasteiger partial charge in [-0.2, -0.15) is 4.31 Å². The van der Waals surface area contributed by atoms with Crippen LogP contribution in [0.1, 0.15) is 36.3 Å². The Morgan fingerprint density at radius 3 is 2.56 bits per heavy atom. The number of benzene rings is 2. The summed E-state index contributed by atoms with van der Waals surface area (Å²) >= 11 is 0. The van der Waals surface area contributed by atoms with Gasteiger partial charge in [0.2, 0.25) is 15.9 Å². The van der Waals surface area contributed by atoms with Gasteiger partial charge in [0.25, 0.3) is 0 Å². The Morgan fingerprint density at radius 2 is 1.91 bits per heavy atom. The van der Waals surface area contributed by atoms with Crippen molar-refractivity contribution in [2.45, 2.75) is 42.2 Å². The molecule has 1 aliphatic carbocycles. The summed E-state index contributed by atoms with van der Waals surface area (Å²) in [5, 5.41) is 9.96. The Balaban J connectivity index is 1.42. The molecule has 6 nitrogen and oxygen atoms in total. The molecular formula is C24H25FN2O4S. The third kappa shape index (κ3) is 3.46. The lowest BCUT2D eigenvalue weighted by Crippen LogP contribution is -2.73. The maximum atomic E-state index is 13.6. The lowest BCUT2D eigenvalue weighted by Gasteiger charge is -2.58.